The molecule has 27 heavy (non-hydrogen) atoms. The van der Waals surface area contributed by atoms with Gasteiger partial charge >= 0.3 is 0 Å². The van der Waals surface area contributed by atoms with E-state index in [9.17, 15) is 0 Å². The van der Waals surface area contributed by atoms with E-state index in [1.54, 1.807) is 24.1 Å². The number of rotatable bonds is 6. The summed E-state index contributed by atoms with van der Waals surface area (Å²) in [4.78, 5) is 12.7. The van der Waals surface area contributed by atoms with Crippen LogP contribution in [0, 0.1) is 12.8 Å². The van der Waals surface area contributed by atoms with Crippen LogP contribution in [0.15, 0.2) is 52.0 Å². The lowest BCUT2D eigenvalue weighted by molar-refractivity contribution is 0.653. The van der Waals surface area contributed by atoms with Crippen LogP contribution in [0.1, 0.15) is 31.2 Å². The van der Waals surface area contributed by atoms with E-state index in [0.29, 0.717) is 11.7 Å². The standard InChI is InChI=1S/C21H26N6/c1-15-8-17(12-25-10-15)19-13-26-27(21(19)24-3)14-20(16-6-4-5-7-16)18(9-22)11-23-2/h8-14,16H,3-7,22H2,1-2H3/b18-9?,20-14+,23-11?. The summed E-state index contributed by atoms with van der Waals surface area (Å²) in [5, 5.41) is 4.55. The molecule has 0 spiro atoms. The fourth-order valence-electron chi connectivity index (χ4n) is 3.65. The van der Waals surface area contributed by atoms with Crippen LogP contribution < -0.4 is 5.73 Å². The molecule has 1 fully saturated rings. The van der Waals surface area contributed by atoms with Gasteiger partial charge in [-0.2, -0.15) is 5.10 Å². The van der Waals surface area contributed by atoms with Gasteiger partial charge in [0.2, 0.25) is 0 Å². The van der Waals surface area contributed by atoms with Crippen LogP contribution in [-0.2, 0) is 0 Å². The molecular formula is C21H26N6. The van der Waals surface area contributed by atoms with E-state index in [1.165, 1.54) is 12.8 Å². The Morgan fingerprint density at radius 2 is 2.07 bits per heavy atom. The highest BCUT2D eigenvalue weighted by Gasteiger charge is 2.22. The van der Waals surface area contributed by atoms with Crippen LogP contribution in [0.25, 0.3) is 17.3 Å². The smallest absolute Gasteiger partial charge is 0.162 e. The van der Waals surface area contributed by atoms with Crippen LogP contribution >= 0.6 is 0 Å². The zero-order valence-corrected chi connectivity index (χ0v) is 16.0. The van der Waals surface area contributed by atoms with Gasteiger partial charge in [0.1, 0.15) is 0 Å². The molecule has 0 aromatic carbocycles. The number of allylic oxidation sites excluding steroid dienone is 2. The van der Waals surface area contributed by atoms with Crippen molar-refractivity contribution in [3.05, 3.63) is 47.6 Å². The molecule has 0 unspecified atom stereocenters. The number of aryl methyl sites for hydroxylation is 1. The highest BCUT2D eigenvalue weighted by atomic mass is 15.3. The molecule has 2 N–H and O–H groups in total. The third kappa shape index (κ3) is 4.05. The Labute approximate surface area is 160 Å². The molecule has 1 saturated carbocycles. The van der Waals surface area contributed by atoms with Crippen LogP contribution in [0.2, 0.25) is 0 Å². The summed E-state index contributed by atoms with van der Waals surface area (Å²) in [7, 11) is 1.75. The first-order valence-electron chi connectivity index (χ1n) is 9.20. The predicted octanol–water partition coefficient (Wildman–Crippen LogP) is 4.16. The molecular weight excluding hydrogens is 336 g/mol. The first-order valence-corrected chi connectivity index (χ1v) is 9.20. The second-order valence-electron chi connectivity index (χ2n) is 6.81. The first-order chi connectivity index (χ1) is 13.2. The molecule has 0 atom stereocenters. The maximum Gasteiger partial charge on any atom is 0.162 e. The fourth-order valence-corrected chi connectivity index (χ4v) is 3.65. The third-order valence-corrected chi connectivity index (χ3v) is 4.94. The maximum absolute atomic E-state index is 5.90. The molecule has 0 bridgehead atoms. The summed E-state index contributed by atoms with van der Waals surface area (Å²) in [6.07, 6.45) is 15.7. The van der Waals surface area contributed by atoms with Gasteiger partial charge in [-0.1, -0.05) is 12.8 Å². The molecule has 3 rings (SSSR count). The number of hydrogen-bond donors (Lipinski definition) is 1. The van der Waals surface area contributed by atoms with Crippen molar-refractivity contribution in [3.8, 4) is 11.1 Å². The van der Waals surface area contributed by atoms with Gasteiger partial charge in [0, 0.05) is 54.8 Å². The highest BCUT2D eigenvalue weighted by molar-refractivity contribution is 5.86. The van der Waals surface area contributed by atoms with E-state index >= 15 is 0 Å². The zero-order valence-electron chi connectivity index (χ0n) is 16.0. The van der Waals surface area contributed by atoms with Gasteiger partial charge in [0.15, 0.2) is 5.82 Å². The van der Waals surface area contributed by atoms with Gasteiger partial charge in [-0.15, -0.1) is 0 Å². The third-order valence-electron chi connectivity index (χ3n) is 4.94. The monoisotopic (exact) mass is 362 g/mol. The molecule has 1 aliphatic carbocycles. The predicted molar refractivity (Wildman–Crippen MR) is 112 cm³/mol. The quantitative estimate of drug-likeness (QED) is 0.619. The molecule has 0 amide bonds. The van der Waals surface area contributed by atoms with Crippen LogP contribution in [0.5, 0.6) is 0 Å². The van der Waals surface area contributed by atoms with Gasteiger partial charge < -0.3 is 5.73 Å². The van der Waals surface area contributed by atoms with E-state index in [2.05, 4.69) is 32.9 Å². The van der Waals surface area contributed by atoms with Gasteiger partial charge in [0.05, 0.1) is 6.20 Å². The summed E-state index contributed by atoms with van der Waals surface area (Å²) in [5.41, 5.74) is 10.9. The second-order valence-corrected chi connectivity index (χ2v) is 6.81. The molecule has 6 nitrogen and oxygen atoms in total. The topological polar surface area (TPSA) is 81.5 Å². The summed E-state index contributed by atoms with van der Waals surface area (Å²) < 4.78 is 1.78. The van der Waals surface area contributed by atoms with Crippen LogP contribution in [0.3, 0.4) is 0 Å². The van der Waals surface area contributed by atoms with Crippen LogP contribution in [0.4, 0.5) is 5.82 Å². The van der Waals surface area contributed by atoms with Gasteiger partial charge in [-0.05, 0) is 49.6 Å². The fraction of sp³-hybridized carbons (Fsp3) is 0.333. The lowest BCUT2D eigenvalue weighted by atomic mass is 9.92. The Morgan fingerprint density at radius 3 is 2.70 bits per heavy atom. The molecule has 6 heteroatoms. The summed E-state index contributed by atoms with van der Waals surface area (Å²) >= 11 is 0. The maximum atomic E-state index is 5.90. The van der Waals surface area contributed by atoms with Crippen molar-refractivity contribution >= 4 is 24.9 Å². The van der Waals surface area contributed by atoms with Gasteiger partial charge in [-0.25, -0.2) is 9.67 Å². The van der Waals surface area contributed by atoms with Crippen LogP contribution in [-0.4, -0.2) is 34.7 Å². The highest BCUT2D eigenvalue weighted by Crippen LogP contribution is 2.36. The SMILES string of the molecule is C=Nc1c(-c2cncc(C)c2)cnn1/C=C(/C(C=NC)=CN)C1CCCC1. The Morgan fingerprint density at radius 1 is 1.30 bits per heavy atom. The first kappa shape index (κ1) is 18.8. The van der Waals surface area contributed by atoms with Gasteiger partial charge in [0.25, 0.3) is 0 Å². The minimum Gasteiger partial charge on any atom is -0.404 e. The van der Waals surface area contributed by atoms with Gasteiger partial charge in [-0.3, -0.25) is 9.98 Å². The number of aromatic nitrogens is 3. The van der Waals surface area contributed by atoms with Crippen molar-refractivity contribution in [2.24, 2.45) is 21.6 Å². The number of nitrogens with zero attached hydrogens (tertiary/aromatic N) is 5. The molecule has 0 aliphatic heterocycles. The lowest BCUT2D eigenvalue weighted by Crippen LogP contribution is -2.07. The summed E-state index contributed by atoms with van der Waals surface area (Å²) in [5.74, 6) is 1.14. The number of nitrogens with two attached hydrogens (primary N) is 1. The Hall–Kier alpha value is -3.02. The van der Waals surface area contributed by atoms with Crippen molar-refractivity contribution in [1.82, 2.24) is 14.8 Å². The van der Waals surface area contributed by atoms with Crippen molar-refractivity contribution in [2.45, 2.75) is 32.6 Å². The number of hydrogen-bond acceptors (Lipinski definition) is 5. The summed E-state index contributed by atoms with van der Waals surface area (Å²) in [6.45, 7) is 5.77. The number of pyridine rings is 1. The molecule has 0 saturated heterocycles. The molecule has 1 aliphatic rings. The minimum atomic E-state index is 0.448. The van der Waals surface area contributed by atoms with E-state index in [-0.39, 0.29) is 0 Å². The molecule has 140 valence electrons. The average Bonchev–Trinajstić information content (AvgIpc) is 3.34. The Balaban J connectivity index is 2.09. The summed E-state index contributed by atoms with van der Waals surface area (Å²) in [6, 6.07) is 2.07. The Kier molecular flexibility index (Phi) is 5.96. The second kappa shape index (κ2) is 8.58. The van der Waals surface area contributed by atoms with E-state index in [4.69, 9.17) is 5.73 Å². The average molecular weight is 362 g/mol. The normalized spacial score (nSPS) is 16.4. The minimum absolute atomic E-state index is 0.448. The molecule has 0 radical (unpaired) electrons. The van der Waals surface area contributed by atoms with Crippen molar-refractivity contribution in [3.63, 3.8) is 0 Å². The lowest BCUT2D eigenvalue weighted by Gasteiger charge is -2.15. The number of aliphatic imine (C=N–C) groups is 2. The Bertz CT molecular complexity index is 897. The van der Waals surface area contributed by atoms with E-state index in [0.717, 1.165) is 40.7 Å². The van der Waals surface area contributed by atoms with Crippen molar-refractivity contribution in [1.29, 1.82) is 0 Å². The molecule has 2 heterocycles. The van der Waals surface area contributed by atoms with Crippen molar-refractivity contribution < 1.29 is 0 Å². The van der Waals surface area contributed by atoms with Crippen molar-refractivity contribution in [2.75, 3.05) is 7.05 Å². The molecule has 2 aromatic heterocycles. The van der Waals surface area contributed by atoms with E-state index in [1.807, 2.05) is 31.7 Å². The molecule has 2 aromatic rings. The largest absolute Gasteiger partial charge is 0.404 e. The zero-order chi connectivity index (χ0) is 19.2. The van der Waals surface area contributed by atoms with E-state index < -0.39 is 0 Å².